The highest BCUT2D eigenvalue weighted by Crippen LogP contribution is 2.66. The Morgan fingerprint density at radius 1 is 1.04 bits per heavy atom. The number of allylic oxidation sites excluding steroid dienone is 1. The Kier molecular flexibility index (Phi) is 10.8. The third-order valence-corrected chi connectivity index (χ3v) is 12.6. The van der Waals surface area contributed by atoms with Crippen molar-refractivity contribution >= 4 is 40.4 Å². The molecule has 4 aliphatic rings. The summed E-state index contributed by atoms with van der Waals surface area (Å²) in [7, 11) is 0. The number of hydrogen-bond acceptors (Lipinski definition) is 10. The van der Waals surface area contributed by atoms with Gasteiger partial charge in [0.05, 0.1) is 15.9 Å². The van der Waals surface area contributed by atoms with Crippen molar-refractivity contribution in [1.82, 2.24) is 5.32 Å². The van der Waals surface area contributed by atoms with Gasteiger partial charge in [0.1, 0.15) is 17.6 Å². The Balaban J connectivity index is 1.45. The van der Waals surface area contributed by atoms with Crippen LogP contribution in [0.2, 0.25) is 0 Å². The molecule has 1 amide bonds. The van der Waals surface area contributed by atoms with Gasteiger partial charge in [-0.15, -0.1) is 0 Å². The van der Waals surface area contributed by atoms with Crippen molar-refractivity contribution in [3.05, 3.63) is 50.1 Å². The molecule has 0 bridgehead atoms. The Hall–Kier alpha value is -4.16. The molecule has 272 valence electrons. The second-order valence-corrected chi connectivity index (χ2v) is 15.7. The molecule has 13 nitrogen and oxygen atoms in total. The molecule has 0 heterocycles. The second-order valence-electron chi connectivity index (χ2n) is 15.7. The number of rotatable bonds is 12. The topological polar surface area (TPSA) is 183 Å². The monoisotopic (exact) mass is 693 g/mol. The predicted molar refractivity (Wildman–Crippen MR) is 188 cm³/mol. The number of hydrazone groups is 1. The first-order valence-electron chi connectivity index (χ1n) is 17.9. The fraction of sp³-hybridized carbons (Fsp3) is 0.676. The van der Waals surface area contributed by atoms with Crippen molar-refractivity contribution in [3.63, 3.8) is 0 Å². The number of amides is 1. The van der Waals surface area contributed by atoms with Crippen LogP contribution in [0.3, 0.4) is 0 Å². The van der Waals surface area contributed by atoms with Crippen LogP contribution in [0.15, 0.2) is 34.9 Å². The normalized spacial score (nSPS) is 32.0. The van der Waals surface area contributed by atoms with E-state index in [4.69, 9.17) is 9.84 Å². The zero-order valence-corrected chi connectivity index (χ0v) is 30.0. The van der Waals surface area contributed by atoms with Crippen molar-refractivity contribution in [3.8, 4) is 0 Å². The molecule has 0 aromatic heterocycles. The first kappa shape index (κ1) is 37.1. The summed E-state index contributed by atoms with van der Waals surface area (Å²) >= 11 is 0. The van der Waals surface area contributed by atoms with Crippen LogP contribution in [0.25, 0.3) is 0 Å². The number of esters is 1. The average Bonchev–Trinajstić information content (AvgIpc) is 3.36. The van der Waals surface area contributed by atoms with Gasteiger partial charge < -0.3 is 10.1 Å². The van der Waals surface area contributed by atoms with Gasteiger partial charge in [-0.1, -0.05) is 39.3 Å². The van der Waals surface area contributed by atoms with E-state index in [1.54, 1.807) is 0 Å². The number of hydrogen-bond donors (Lipinski definition) is 2. The summed E-state index contributed by atoms with van der Waals surface area (Å²) in [6.07, 6.45) is 9.28. The minimum atomic E-state index is -0.671. The van der Waals surface area contributed by atoms with Gasteiger partial charge >= 0.3 is 11.7 Å². The van der Waals surface area contributed by atoms with Crippen LogP contribution >= 0.6 is 0 Å². The van der Waals surface area contributed by atoms with E-state index in [0.29, 0.717) is 37.6 Å². The lowest BCUT2D eigenvalue weighted by atomic mass is 9.47. The number of carbonyl (C=O) groups is 3. The first-order valence-corrected chi connectivity index (χ1v) is 17.9. The fourth-order valence-electron chi connectivity index (χ4n) is 10.0. The van der Waals surface area contributed by atoms with Crippen LogP contribution < -0.4 is 10.7 Å². The Labute approximate surface area is 293 Å². The number of nitrogens with zero attached hydrogens (tertiary/aromatic N) is 3. The molecule has 0 radical (unpaired) electrons. The zero-order valence-electron chi connectivity index (χ0n) is 30.0. The number of Topliss-reactive ketones (excluding diaryl/α,β-unsaturated/α-hetero) is 1. The van der Waals surface area contributed by atoms with Crippen LogP contribution in [-0.4, -0.2) is 45.9 Å². The molecule has 9 atom stereocenters. The number of fused-ring (bicyclic) bond motifs is 5. The predicted octanol–water partition coefficient (Wildman–Crippen LogP) is 7.15. The number of carbonyl (C=O) groups excluding carboxylic acids is 3. The van der Waals surface area contributed by atoms with Gasteiger partial charge in [-0.25, -0.2) is 0 Å². The third-order valence-electron chi connectivity index (χ3n) is 12.6. The summed E-state index contributed by atoms with van der Waals surface area (Å²) < 4.78 is 5.62. The van der Waals surface area contributed by atoms with Gasteiger partial charge in [-0.2, -0.15) is 5.10 Å². The summed E-state index contributed by atoms with van der Waals surface area (Å²) in [5.74, 6) is 0.381. The molecule has 50 heavy (non-hydrogen) atoms. The summed E-state index contributed by atoms with van der Waals surface area (Å²) in [4.78, 5) is 58.9. The molecule has 1 aromatic carbocycles. The third kappa shape index (κ3) is 7.32. The lowest BCUT2D eigenvalue weighted by Crippen LogP contribution is -2.51. The number of non-ortho nitro benzene ring substituents is 1. The number of nitro benzene ring substituents is 2. The van der Waals surface area contributed by atoms with Crippen LogP contribution in [0.4, 0.5) is 17.1 Å². The van der Waals surface area contributed by atoms with Gasteiger partial charge in [-0.05, 0) is 85.5 Å². The molecule has 5 rings (SSSR count). The zero-order chi connectivity index (χ0) is 36.5. The van der Waals surface area contributed by atoms with Gasteiger partial charge in [0.25, 0.3) is 5.69 Å². The van der Waals surface area contributed by atoms with E-state index in [1.807, 2.05) is 13.8 Å². The molecule has 7 unspecified atom stereocenters. The van der Waals surface area contributed by atoms with Crippen LogP contribution in [0.1, 0.15) is 99.3 Å². The quantitative estimate of drug-likeness (QED) is 0.0993. The number of anilines is 1. The van der Waals surface area contributed by atoms with Crippen molar-refractivity contribution < 1.29 is 29.0 Å². The smallest absolute Gasteiger partial charge is 0.302 e. The molecule has 0 spiro atoms. The molecule has 3 saturated carbocycles. The van der Waals surface area contributed by atoms with Gasteiger partial charge in [0.15, 0.2) is 0 Å². The summed E-state index contributed by atoms with van der Waals surface area (Å²) in [5.41, 5.74) is 4.07. The number of nitro groups is 2. The van der Waals surface area contributed by atoms with E-state index < -0.39 is 15.5 Å². The molecule has 3 fully saturated rings. The highest BCUT2D eigenvalue weighted by molar-refractivity contribution is 5.96. The lowest BCUT2D eigenvalue weighted by Gasteiger charge is -2.58. The molecular formula is C37H51N5O8. The number of ether oxygens (including phenoxy) is 1. The average molecular weight is 694 g/mol. The van der Waals surface area contributed by atoms with E-state index in [0.717, 1.165) is 50.3 Å². The molecule has 1 aromatic rings. The summed E-state index contributed by atoms with van der Waals surface area (Å²) in [6, 6.07) is 3.45. The molecule has 0 saturated heterocycles. The minimum Gasteiger partial charge on any atom is -0.462 e. The molecule has 13 heteroatoms. The first-order chi connectivity index (χ1) is 23.5. The van der Waals surface area contributed by atoms with Gasteiger partial charge in [0.2, 0.25) is 5.91 Å². The van der Waals surface area contributed by atoms with Gasteiger partial charge in [-0.3, -0.25) is 40.0 Å². The van der Waals surface area contributed by atoms with Crippen LogP contribution in [-0.2, 0) is 19.1 Å². The van der Waals surface area contributed by atoms with Gasteiger partial charge in [0, 0.05) is 56.8 Å². The maximum atomic E-state index is 13.9. The fourth-order valence-corrected chi connectivity index (χ4v) is 10.0. The van der Waals surface area contributed by atoms with E-state index in [1.165, 1.54) is 31.6 Å². The van der Waals surface area contributed by atoms with Crippen molar-refractivity contribution in [2.24, 2.45) is 51.4 Å². The van der Waals surface area contributed by atoms with E-state index in [9.17, 15) is 34.6 Å². The van der Waals surface area contributed by atoms with E-state index >= 15 is 0 Å². The lowest BCUT2D eigenvalue weighted by molar-refractivity contribution is -0.393. The van der Waals surface area contributed by atoms with Crippen LogP contribution in [0, 0.1) is 66.6 Å². The van der Waals surface area contributed by atoms with Crippen molar-refractivity contribution in [2.45, 2.75) is 105 Å². The number of benzene rings is 1. The van der Waals surface area contributed by atoms with Crippen molar-refractivity contribution in [2.75, 3.05) is 12.0 Å². The number of ketones is 1. The maximum absolute atomic E-state index is 13.9. The molecule has 2 N–H and O–H groups in total. The minimum absolute atomic E-state index is 0.000607. The van der Waals surface area contributed by atoms with Crippen LogP contribution in [0.5, 0.6) is 0 Å². The maximum Gasteiger partial charge on any atom is 0.302 e. The Morgan fingerprint density at radius 3 is 2.44 bits per heavy atom. The van der Waals surface area contributed by atoms with E-state index in [2.05, 4.69) is 30.7 Å². The summed E-state index contributed by atoms with van der Waals surface area (Å²) in [6.45, 7) is 12.1. The standard InChI is InChI=1S/C37H51N5O8/c1-21(20-38-23(3)43)7-12-34(45)22(2)35-32(40-39-31-11-9-26(41(46)47)18-33(31)42(48)49)19-30-28-10-8-25-17-27(50-24(4)44)13-15-36(25,5)29(28)14-16-37(30,35)6/h8-9,11,18,21-22,27-30,35,39H,7,10,12-17,19-20H2,1-6H3,(H,38,43)/b40-32-/t21?,22?,27?,28?,29?,30?,35?,36-,37-/m0/s1. The molecule has 0 aliphatic heterocycles. The number of nitrogens with one attached hydrogen (secondary N) is 2. The second kappa shape index (κ2) is 14.6. The highest BCUT2D eigenvalue weighted by atomic mass is 16.6. The van der Waals surface area contributed by atoms with Crippen molar-refractivity contribution in [1.29, 1.82) is 0 Å². The molecule has 4 aliphatic carbocycles. The SMILES string of the molecule is CC(=O)NCC(C)CCC(=O)C(C)C1/C(=N\Nc2ccc([N+](=O)[O-])cc2[N+](=O)[O-])CC2C3CC=C4CC(OC(C)=O)CC[C@]4(C)C3CC[C@@]21C. The highest BCUT2D eigenvalue weighted by Gasteiger charge is 2.62. The van der Waals surface area contributed by atoms with E-state index in [-0.39, 0.29) is 69.6 Å². The Bertz CT molecular complexity index is 1610. The summed E-state index contributed by atoms with van der Waals surface area (Å²) in [5, 5.41) is 30.9. The Morgan fingerprint density at radius 2 is 1.78 bits per heavy atom. The molecular weight excluding hydrogens is 642 g/mol. The largest absolute Gasteiger partial charge is 0.462 e.